The van der Waals surface area contributed by atoms with Crippen molar-refractivity contribution in [3.05, 3.63) is 35.6 Å². The average Bonchev–Trinajstić information content (AvgIpc) is 2.36. The van der Waals surface area contributed by atoms with Crippen molar-refractivity contribution in [2.75, 3.05) is 7.11 Å². The zero-order valence-electron chi connectivity index (χ0n) is 11.2. The highest BCUT2D eigenvalue weighted by Crippen LogP contribution is 2.16. The van der Waals surface area contributed by atoms with Crippen molar-refractivity contribution in [3.8, 4) is 0 Å². The molecule has 0 bridgehead atoms. The minimum absolute atomic E-state index is 0.0252. The molecule has 1 rings (SSSR count). The summed E-state index contributed by atoms with van der Waals surface area (Å²) in [6.07, 6.45) is 0. The molecule has 0 aromatic heterocycles. The summed E-state index contributed by atoms with van der Waals surface area (Å²) < 4.78 is 17.8. The van der Waals surface area contributed by atoms with Crippen LogP contribution < -0.4 is 5.32 Å². The topological polar surface area (TPSA) is 38.3 Å². The number of esters is 1. The molecular weight excluding hydrogens is 233 g/mol. The Morgan fingerprint density at radius 2 is 2.00 bits per heavy atom. The summed E-state index contributed by atoms with van der Waals surface area (Å²) >= 11 is 0. The molecule has 1 N–H and O–H groups in total. The van der Waals surface area contributed by atoms with E-state index in [0.29, 0.717) is 0 Å². The Bertz CT molecular complexity index is 409. The fraction of sp³-hybridized carbons (Fsp3) is 0.500. The van der Waals surface area contributed by atoms with Crippen LogP contribution in [0.3, 0.4) is 0 Å². The zero-order chi connectivity index (χ0) is 13.7. The number of hydrogen-bond donors (Lipinski definition) is 1. The summed E-state index contributed by atoms with van der Waals surface area (Å²) in [6, 6.07) is 6.37. The Hall–Kier alpha value is -1.42. The van der Waals surface area contributed by atoms with Crippen molar-refractivity contribution >= 4 is 5.97 Å². The highest BCUT2D eigenvalue weighted by molar-refractivity contribution is 5.72. The number of rotatable bonds is 5. The van der Waals surface area contributed by atoms with E-state index in [4.69, 9.17) is 4.74 Å². The molecule has 0 amide bonds. The molecule has 1 aromatic carbocycles. The highest BCUT2D eigenvalue weighted by atomic mass is 19.1. The van der Waals surface area contributed by atoms with E-state index in [1.165, 1.54) is 19.2 Å². The number of nitrogens with one attached hydrogen (secondary N) is 1. The Kier molecular flexibility index (Phi) is 5.28. The lowest BCUT2D eigenvalue weighted by molar-refractivity contribution is -0.145. The number of halogens is 1. The molecule has 0 radical (unpaired) electrons. The van der Waals surface area contributed by atoms with Gasteiger partial charge in [0.25, 0.3) is 0 Å². The van der Waals surface area contributed by atoms with Crippen LogP contribution in [0, 0.1) is 11.7 Å². The SMILES string of the molecule is COC(=O)C(C)C(C)NC(C)c1cccc(F)c1. The van der Waals surface area contributed by atoms with E-state index in [0.717, 1.165) is 5.56 Å². The Morgan fingerprint density at radius 1 is 1.33 bits per heavy atom. The number of benzene rings is 1. The van der Waals surface area contributed by atoms with Crippen LogP contribution in [0.15, 0.2) is 24.3 Å². The molecule has 0 spiro atoms. The maximum Gasteiger partial charge on any atom is 0.309 e. The van der Waals surface area contributed by atoms with Crippen LogP contribution in [0.1, 0.15) is 32.4 Å². The van der Waals surface area contributed by atoms with Gasteiger partial charge in [0, 0.05) is 12.1 Å². The van der Waals surface area contributed by atoms with Crippen molar-refractivity contribution in [2.45, 2.75) is 32.9 Å². The smallest absolute Gasteiger partial charge is 0.309 e. The maximum atomic E-state index is 13.1. The van der Waals surface area contributed by atoms with E-state index in [1.807, 2.05) is 26.8 Å². The molecule has 18 heavy (non-hydrogen) atoms. The van der Waals surface area contributed by atoms with Gasteiger partial charge in [0.2, 0.25) is 0 Å². The van der Waals surface area contributed by atoms with Crippen LogP contribution in [-0.2, 0) is 9.53 Å². The second kappa shape index (κ2) is 6.50. The molecule has 0 aliphatic heterocycles. The predicted molar refractivity (Wildman–Crippen MR) is 68.6 cm³/mol. The highest BCUT2D eigenvalue weighted by Gasteiger charge is 2.22. The molecule has 1 aromatic rings. The maximum absolute atomic E-state index is 13.1. The minimum Gasteiger partial charge on any atom is -0.469 e. The first kappa shape index (κ1) is 14.6. The van der Waals surface area contributed by atoms with Gasteiger partial charge in [0.15, 0.2) is 0 Å². The first-order chi connectivity index (χ1) is 8.45. The Labute approximate surface area is 107 Å². The lowest BCUT2D eigenvalue weighted by atomic mass is 10.0. The third-order valence-electron chi connectivity index (χ3n) is 3.18. The predicted octanol–water partition coefficient (Wildman–Crippen LogP) is 2.67. The van der Waals surface area contributed by atoms with E-state index in [9.17, 15) is 9.18 Å². The number of hydrogen-bond acceptors (Lipinski definition) is 3. The summed E-state index contributed by atoms with van der Waals surface area (Å²) in [6.45, 7) is 5.66. The normalized spacial score (nSPS) is 15.8. The molecule has 0 saturated heterocycles. The van der Waals surface area contributed by atoms with E-state index in [2.05, 4.69) is 5.32 Å². The van der Waals surface area contributed by atoms with Crippen LogP contribution in [0.4, 0.5) is 4.39 Å². The van der Waals surface area contributed by atoms with Crippen molar-refractivity contribution in [3.63, 3.8) is 0 Å². The lowest BCUT2D eigenvalue weighted by Crippen LogP contribution is -2.38. The molecule has 0 aliphatic rings. The molecule has 100 valence electrons. The second-order valence-corrected chi connectivity index (χ2v) is 4.54. The quantitative estimate of drug-likeness (QED) is 0.820. The molecular formula is C14H20FNO2. The van der Waals surface area contributed by atoms with Gasteiger partial charge in [-0.3, -0.25) is 4.79 Å². The molecule has 0 saturated carbocycles. The standard InChI is InChI=1S/C14H20FNO2/c1-9(14(17)18-4)10(2)16-11(3)12-6-5-7-13(15)8-12/h5-11,16H,1-4H3. The Balaban J connectivity index is 2.64. The molecule has 3 unspecified atom stereocenters. The molecule has 3 nitrogen and oxygen atoms in total. The first-order valence-corrected chi connectivity index (χ1v) is 6.05. The van der Waals surface area contributed by atoms with Crippen molar-refractivity contribution < 1.29 is 13.9 Å². The zero-order valence-corrected chi connectivity index (χ0v) is 11.2. The van der Waals surface area contributed by atoms with Crippen LogP contribution in [0.25, 0.3) is 0 Å². The number of carbonyl (C=O) groups excluding carboxylic acids is 1. The third kappa shape index (κ3) is 3.81. The second-order valence-electron chi connectivity index (χ2n) is 4.54. The average molecular weight is 253 g/mol. The number of carbonyl (C=O) groups is 1. The van der Waals surface area contributed by atoms with Gasteiger partial charge in [0.1, 0.15) is 5.82 Å². The van der Waals surface area contributed by atoms with Crippen LogP contribution in [0.2, 0.25) is 0 Å². The summed E-state index contributed by atoms with van der Waals surface area (Å²) in [7, 11) is 1.38. The van der Waals surface area contributed by atoms with Gasteiger partial charge in [-0.25, -0.2) is 4.39 Å². The monoisotopic (exact) mass is 253 g/mol. The molecule has 0 aliphatic carbocycles. The third-order valence-corrected chi connectivity index (χ3v) is 3.18. The number of methoxy groups -OCH3 is 1. The summed E-state index contributed by atoms with van der Waals surface area (Å²) in [5.41, 5.74) is 0.860. The summed E-state index contributed by atoms with van der Waals surface area (Å²) in [5, 5.41) is 3.27. The van der Waals surface area contributed by atoms with E-state index in [-0.39, 0.29) is 29.8 Å². The van der Waals surface area contributed by atoms with E-state index >= 15 is 0 Å². The molecule has 3 atom stereocenters. The van der Waals surface area contributed by atoms with Gasteiger partial charge >= 0.3 is 5.97 Å². The molecule has 0 fully saturated rings. The van der Waals surface area contributed by atoms with Gasteiger partial charge in [-0.15, -0.1) is 0 Å². The largest absolute Gasteiger partial charge is 0.469 e. The van der Waals surface area contributed by atoms with Gasteiger partial charge in [0.05, 0.1) is 13.0 Å². The van der Waals surface area contributed by atoms with Crippen molar-refractivity contribution in [1.29, 1.82) is 0 Å². The molecule has 0 heterocycles. The van der Waals surface area contributed by atoms with Crippen LogP contribution >= 0.6 is 0 Å². The van der Waals surface area contributed by atoms with Gasteiger partial charge in [-0.05, 0) is 31.5 Å². The van der Waals surface area contributed by atoms with Crippen LogP contribution in [0.5, 0.6) is 0 Å². The van der Waals surface area contributed by atoms with E-state index < -0.39 is 0 Å². The summed E-state index contributed by atoms with van der Waals surface area (Å²) in [5.74, 6) is -0.748. The van der Waals surface area contributed by atoms with E-state index in [1.54, 1.807) is 6.07 Å². The van der Waals surface area contributed by atoms with Gasteiger partial charge in [-0.2, -0.15) is 0 Å². The number of ether oxygens (including phenoxy) is 1. The minimum atomic E-state index is -0.255. The first-order valence-electron chi connectivity index (χ1n) is 6.05. The van der Waals surface area contributed by atoms with Crippen molar-refractivity contribution in [2.24, 2.45) is 5.92 Å². The fourth-order valence-electron chi connectivity index (χ4n) is 1.80. The Morgan fingerprint density at radius 3 is 2.56 bits per heavy atom. The fourth-order valence-corrected chi connectivity index (χ4v) is 1.80. The van der Waals surface area contributed by atoms with Gasteiger partial charge < -0.3 is 10.1 Å². The molecule has 4 heteroatoms. The van der Waals surface area contributed by atoms with Crippen molar-refractivity contribution in [1.82, 2.24) is 5.32 Å². The van der Waals surface area contributed by atoms with Crippen LogP contribution in [-0.4, -0.2) is 19.1 Å². The van der Waals surface area contributed by atoms with Gasteiger partial charge in [-0.1, -0.05) is 19.1 Å². The summed E-state index contributed by atoms with van der Waals surface area (Å²) in [4.78, 5) is 11.4. The lowest BCUT2D eigenvalue weighted by Gasteiger charge is -2.24.